The van der Waals surface area contributed by atoms with Crippen LogP contribution in [0.5, 0.6) is 5.75 Å². The van der Waals surface area contributed by atoms with Gasteiger partial charge in [-0.1, -0.05) is 52.2 Å². The van der Waals surface area contributed by atoms with Crippen molar-refractivity contribution < 1.29 is 9.53 Å². The van der Waals surface area contributed by atoms with Crippen LogP contribution in [0.3, 0.4) is 0 Å². The van der Waals surface area contributed by atoms with Gasteiger partial charge in [0.1, 0.15) is 5.75 Å². The maximum atomic E-state index is 11.2. The highest BCUT2D eigenvalue weighted by Crippen LogP contribution is 2.40. The van der Waals surface area contributed by atoms with Gasteiger partial charge in [-0.15, -0.1) is 12.4 Å². The van der Waals surface area contributed by atoms with Gasteiger partial charge in [0, 0.05) is 13.5 Å². The molecule has 1 aromatic carbocycles. The second kappa shape index (κ2) is 10.2. The normalized spacial score (nSPS) is 23.8. The molecule has 142 valence electrons. The van der Waals surface area contributed by atoms with Crippen LogP contribution in [0, 0.1) is 5.92 Å². The van der Waals surface area contributed by atoms with Gasteiger partial charge in [-0.3, -0.25) is 4.79 Å². The van der Waals surface area contributed by atoms with Gasteiger partial charge in [-0.2, -0.15) is 0 Å². The third-order valence-electron chi connectivity index (χ3n) is 5.65. The van der Waals surface area contributed by atoms with Gasteiger partial charge in [-0.05, 0) is 55.0 Å². The number of esters is 1. The third kappa shape index (κ3) is 6.00. The van der Waals surface area contributed by atoms with Crippen LogP contribution in [0.1, 0.15) is 65.4 Å². The van der Waals surface area contributed by atoms with Crippen LogP contribution in [-0.4, -0.2) is 30.5 Å². The minimum atomic E-state index is -0.257. The highest BCUT2D eigenvalue weighted by molar-refractivity contribution is 5.85. The summed E-state index contributed by atoms with van der Waals surface area (Å²) in [5.41, 5.74) is 1.44. The first-order valence-electron chi connectivity index (χ1n) is 9.47. The molecule has 3 nitrogen and oxygen atoms in total. The van der Waals surface area contributed by atoms with Crippen molar-refractivity contribution in [1.82, 2.24) is 4.90 Å². The number of hydrogen-bond donors (Lipinski definition) is 0. The number of ether oxygens (including phenoxy) is 1. The third-order valence-corrected chi connectivity index (χ3v) is 5.65. The average molecular weight is 368 g/mol. The van der Waals surface area contributed by atoms with E-state index in [0.29, 0.717) is 11.7 Å². The Morgan fingerprint density at radius 1 is 1.32 bits per heavy atom. The molecule has 1 heterocycles. The molecule has 0 spiro atoms. The molecule has 0 aromatic heterocycles. The van der Waals surface area contributed by atoms with Crippen molar-refractivity contribution in [2.75, 3.05) is 19.6 Å². The van der Waals surface area contributed by atoms with E-state index in [1.165, 1.54) is 44.7 Å². The fourth-order valence-electron chi connectivity index (χ4n) is 3.79. The van der Waals surface area contributed by atoms with Gasteiger partial charge in [0.15, 0.2) is 0 Å². The summed E-state index contributed by atoms with van der Waals surface area (Å²) < 4.78 is 5.27. The smallest absolute Gasteiger partial charge is 0.308 e. The van der Waals surface area contributed by atoms with Crippen molar-refractivity contribution in [2.45, 2.75) is 65.2 Å². The van der Waals surface area contributed by atoms with Gasteiger partial charge in [0.25, 0.3) is 0 Å². The number of rotatable bonds is 7. The first-order chi connectivity index (χ1) is 11.5. The lowest BCUT2D eigenvalue weighted by Gasteiger charge is -2.45. The number of carbonyl (C=O) groups excluding carboxylic acids is 1. The molecule has 2 rings (SSSR count). The van der Waals surface area contributed by atoms with Crippen LogP contribution in [0.25, 0.3) is 0 Å². The van der Waals surface area contributed by atoms with Crippen LogP contribution in [-0.2, 0) is 10.2 Å². The molecule has 1 fully saturated rings. The molecule has 0 N–H and O–H groups in total. The fraction of sp³-hybridized carbons (Fsp3) is 0.667. The van der Waals surface area contributed by atoms with E-state index in [4.69, 9.17) is 4.74 Å². The van der Waals surface area contributed by atoms with Crippen molar-refractivity contribution in [3.05, 3.63) is 29.8 Å². The van der Waals surface area contributed by atoms with E-state index in [9.17, 15) is 4.79 Å². The second-order valence-corrected chi connectivity index (χ2v) is 7.55. The van der Waals surface area contributed by atoms with Crippen molar-refractivity contribution in [3.8, 4) is 5.75 Å². The number of halogens is 1. The van der Waals surface area contributed by atoms with Gasteiger partial charge in [0.05, 0.1) is 0 Å². The van der Waals surface area contributed by atoms with E-state index in [1.807, 2.05) is 12.1 Å². The number of hydrogen-bond acceptors (Lipinski definition) is 3. The number of likely N-dealkylation sites (tertiary alicyclic amines) is 1. The standard InChI is InChI=1S/C21H33NO2.ClH/c1-5-6-7-8-13-22-14-12-21(4,17(2)16-22)19-10-9-11-20(15-19)24-18(3)23;/h9-11,15,17H,5-8,12-14,16H2,1-4H3;1H/t17-,21+;/m0./s1. The summed E-state index contributed by atoms with van der Waals surface area (Å²) in [6.07, 6.45) is 6.48. The molecule has 2 atom stereocenters. The quantitative estimate of drug-likeness (QED) is 0.376. The van der Waals surface area contributed by atoms with Gasteiger partial charge < -0.3 is 9.64 Å². The number of unbranched alkanes of at least 4 members (excludes halogenated alkanes) is 3. The lowest BCUT2D eigenvalue weighted by atomic mass is 9.68. The molecule has 1 aromatic rings. The summed E-state index contributed by atoms with van der Waals surface area (Å²) in [6.45, 7) is 12.0. The summed E-state index contributed by atoms with van der Waals surface area (Å²) in [4.78, 5) is 13.8. The first kappa shape index (κ1) is 22.0. The SMILES string of the molecule is CCCCCCN1CC[C@@](C)(c2cccc(OC(C)=O)c2)[C@@H](C)C1.Cl. The zero-order chi connectivity index (χ0) is 17.6. The number of benzene rings is 1. The maximum absolute atomic E-state index is 11.2. The lowest BCUT2D eigenvalue weighted by Crippen LogP contribution is -2.47. The fourth-order valence-corrected chi connectivity index (χ4v) is 3.79. The molecule has 0 radical (unpaired) electrons. The Hall–Kier alpha value is -1.06. The van der Waals surface area contributed by atoms with E-state index >= 15 is 0 Å². The minimum Gasteiger partial charge on any atom is -0.427 e. The summed E-state index contributed by atoms with van der Waals surface area (Å²) in [5, 5.41) is 0. The van der Waals surface area contributed by atoms with Crippen molar-refractivity contribution in [1.29, 1.82) is 0 Å². The zero-order valence-corrected chi connectivity index (χ0v) is 17.0. The van der Waals surface area contributed by atoms with E-state index in [-0.39, 0.29) is 23.8 Å². The molecule has 0 amide bonds. The first-order valence-corrected chi connectivity index (χ1v) is 9.47. The van der Waals surface area contributed by atoms with E-state index < -0.39 is 0 Å². The molecular formula is C21H34ClNO2. The molecule has 4 heteroatoms. The highest BCUT2D eigenvalue weighted by Gasteiger charge is 2.37. The predicted octanol–water partition coefficient (Wildman–Crippen LogP) is 5.21. The largest absolute Gasteiger partial charge is 0.427 e. The average Bonchev–Trinajstić information content (AvgIpc) is 2.54. The van der Waals surface area contributed by atoms with E-state index in [2.05, 4.69) is 37.8 Å². The van der Waals surface area contributed by atoms with Crippen molar-refractivity contribution in [2.24, 2.45) is 5.92 Å². The molecule has 25 heavy (non-hydrogen) atoms. The van der Waals surface area contributed by atoms with E-state index in [0.717, 1.165) is 19.5 Å². The van der Waals surface area contributed by atoms with Crippen LogP contribution < -0.4 is 4.74 Å². The van der Waals surface area contributed by atoms with Gasteiger partial charge in [-0.25, -0.2) is 0 Å². The number of nitrogens with zero attached hydrogens (tertiary/aromatic N) is 1. The Bertz CT molecular complexity index is 548. The maximum Gasteiger partial charge on any atom is 0.308 e. The van der Waals surface area contributed by atoms with Crippen LogP contribution in [0.15, 0.2) is 24.3 Å². The Labute approximate surface area is 159 Å². The van der Waals surface area contributed by atoms with Crippen LogP contribution >= 0.6 is 12.4 Å². The Kier molecular flexibility index (Phi) is 8.95. The lowest BCUT2D eigenvalue weighted by molar-refractivity contribution is -0.131. The summed E-state index contributed by atoms with van der Waals surface area (Å²) in [6, 6.07) is 8.10. The molecule has 1 saturated heterocycles. The minimum absolute atomic E-state index is 0. The molecule has 0 unspecified atom stereocenters. The Balaban J connectivity index is 0.00000312. The van der Waals surface area contributed by atoms with Gasteiger partial charge in [0.2, 0.25) is 0 Å². The van der Waals surface area contributed by atoms with Crippen molar-refractivity contribution in [3.63, 3.8) is 0 Å². The molecule has 0 aliphatic carbocycles. The molecular weight excluding hydrogens is 334 g/mol. The van der Waals surface area contributed by atoms with Crippen LogP contribution in [0.4, 0.5) is 0 Å². The Morgan fingerprint density at radius 3 is 2.72 bits per heavy atom. The molecule has 0 bridgehead atoms. The van der Waals surface area contributed by atoms with Crippen molar-refractivity contribution >= 4 is 18.4 Å². The van der Waals surface area contributed by atoms with Crippen LogP contribution in [0.2, 0.25) is 0 Å². The van der Waals surface area contributed by atoms with Gasteiger partial charge >= 0.3 is 5.97 Å². The Morgan fingerprint density at radius 2 is 2.08 bits per heavy atom. The molecule has 1 aliphatic heterocycles. The highest BCUT2D eigenvalue weighted by atomic mass is 35.5. The monoisotopic (exact) mass is 367 g/mol. The summed E-state index contributed by atoms with van der Waals surface area (Å²) >= 11 is 0. The zero-order valence-electron chi connectivity index (χ0n) is 16.2. The number of piperidine rings is 1. The topological polar surface area (TPSA) is 29.5 Å². The summed E-state index contributed by atoms with van der Waals surface area (Å²) in [5.74, 6) is 0.993. The van der Waals surface area contributed by atoms with E-state index in [1.54, 1.807) is 0 Å². The molecule has 1 aliphatic rings. The molecule has 0 saturated carbocycles. The predicted molar refractivity (Wildman–Crippen MR) is 107 cm³/mol. The second-order valence-electron chi connectivity index (χ2n) is 7.55. The summed E-state index contributed by atoms with van der Waals surface area (Å²) in [7, 11) is 0. The number of carbonyl (C=O) groups is 1.